The summed E-state index contributed by atoms with van der Waals surface area (Å²) in [6, 6.07) is 8.71. The van der Waals surface area contributed by atoms with Gasteiger partial charge in [-0.1, -0.05) is 42.3 Å². The van der Waals surface area contributed by atoms with Gasteiger partial charge in [-0.3, -0.25) is 9.69 Å². The smallest absolute Gasteiger partial charge is 0.253 e. The van der Waals surface area contributed by atoms with Crippen LogP contribution >= 0.6 is 35.0 Å². The minimum Gasteiger partial charge on any atom is -0.368 e. The van der Waals surface area contributed by atoms with Gasteiger partial charge in [-0.05, 0) is 37.3 Å². The molecule has 1 aromatic carbocycles. The third-order valence-corrected chi connectivity index (χ3v) is 5.85. The molecular weight excluding hydrogens is 377 g/mol. The lowest BCUT2D eigenvalue weighted by Gasteiger charge is -2.37. The van der Waals surface area contributed by atoms with Gasteiger partial charge in [-0.2, -0.15) is 0 Å². The molecule has 1 aliphatic rings. The number of nitrogens with one attached hydrogen (secondary N) is 1. The van der Waals surface area contributed by atoms with Crippen LogP contribution in [-0.4, -0.2) is 60.7 Å². The Morgan fingerprint density at radius 1 is 1.24 bits per heavy atom. The van der Waals surface area contributed by atoms with Gasteiger partial charge in [-0.15, -0.1) is 11.8 Å². The van der Waals surface area contributed by atoms with Crippen LogP contribution in [0.3, 0.4) is 0 Å². The van der Waals surface area contributed by atoms with Crippen LogP contribution in [0.25, 0.3) is 0 Å². The molecule has 0 radical (unpaired) electrons. The first kappa shape index (κ1) is 20.7. The van der Waals surface area contributed by atoms with E-state index < -0.39 is 4.84 Å². The monoisotopic (exact) mass is 403 g/mol. The minimum absolute atomic E-state index is 0.311. The number of benzene rings is 1. The second-order valence-electron chi connectivity index (χ2n) is 6.09. The second-order valence-corrected chi connectivity index (χ2v) is 8.32. The van der Waals surface area contributed by atoms with Crippen molar-refractivity contribution in [2.75, 3.05) is 49.9 Å². The molecule has 0 saturated carbocycles. The Labute approximate surface area is 165 Å². The van der Waals surface area contributed by atoms with Gasteiger partial charge in [0, 0.05) is 37.6 Å². The molecule has 2 rings (SSSR count). The topological polar surface area (TPSA) is 35.6 Å². The molecule has 1 heterocycles. The highest BCUT2D eigenvalue weighted by molar-refractivity contribution is 7.99. The van der Waals surface area contributed by atoms with Gasteiger partial charge in [0.15, 0.2) is 4.84 Å². The minimum atomic E-state index is -0.978. The molecule has 0 atom stereocenters. The molecule has 7 heteroatoms. The van der Waals surface area contributed by atoms with E-state index in [0.717, 1.165) is 44.9 Å². The van der Waals surface area contributed by atoms with Crippen LogP contribution < -0.4 is 10.2 Å². The summed E-state index contributed by atoms with van der Waals surface area (Å²) >= 11 is 13.0. The summed E-state index contributed by atoms with van der Waals surface area (Å²) in [7, 11) is 0. The number of para-hydroxylation sites is 1. The van der Waals surface area contributed by atoms with E-state index in [1.165, 1.54) is 17.0 Å². The van der Waals surface area contributed by atoms with Crippen molar-refractivity contribution in [1.29, 1.82) is 0 Å². The Balaban J connectivity index is 1.74. The van der Waals surface area contributed by atoms with E-state index in [1.807, 2.05) is 11.8 Å². The van der Waals surface area contributed by atoms with E-state index in [0.29, 0.717) is 6.54 Å². The third kappa shape index (κ3) is 6.89. The van der Waals surface area contributed by atoms with Crippen LogP contribution in [0.2, 0.25) is 0 Å². The van der Waals surface area contributed by atoms with Crippen LogP contribution in [0, 0.1) is 0 Å². The fourth-order valence-electron chi connectivity index (χ4n) is 2.86. The quantitative estimate of drug-likeness (QED) is 0.388. The molecule has 0 unspecified atom stereocenters. The zero-order valence-electron chi connectivity index (χ0n) is 14.7. The van der Waals surface area contributed by atoms with E-state index in [1.54, 1.807) is 0 Å². The summed E-state index contributed by atoms with van der Waals surface area (Å²) in [5.41, 5.74) is 1.36. The van der Waals surface area contributed by atoms with Gasteiger partial charge in [0.05, 0.1) is 5.69 Å². The molecule has 0 aromatic heterocycles. The lowest BCUT2D eigenvalue weighted by Crippen LogP contribution is -2.47. The van der Waals surface area contributed by atoms with Crippen LogP contribution in [0.1, 0.15) is 19.8 Å². The number of amides is 1. The van der Waals surface area contributed by atoms with Crippen molar-refractivity contribution >= 4 is 46.6 Å². The molecule has 1 amide bonds. The number of thioether (sulfide) groups is 1. The zero-order valence-corrected chi connectivity index (χ0v) is 17.0. The van der Waals surface area contributed by atoms with Gasteiger partial charge >= 0.3 is 0 Å². The standard InChI is InChI=1S/C18H27Cl2N3OS/c1-2-14-25-16-7-4-3-6-15(16)23-12-10-22(11-13-23)9-5-8-21-18(24)17(19)20/h3-4,6-7,17H,2,5,8-14H2,1H3,(H,21,24). The Morgan fingerprint density at radius 3 is 2.64 bits per heavy atom. The van der Waals surface area contributed by atoms with Gasteiger partial charge in [-0.25, -0.2) is 0 Å². The zero-order chi connectivity index (χ0) is 18.1. The van der Waals surface area contributed by atoms with Crippen molar-refractivity contribution in [3.63, 3.8) is 0 Å². The Bertz CT molecular complexity index is 537. The Hall–Kier alpha value is -0.620. The average molecular weight is 404 g/mol. The van der Waals surface area contributed by atoms with Gasteiger partial charge in [0.2, 0.25) is 0 Å². The maximum atomic E-state index is 11.3. The van der Waals surface area contributed by atoms with Crippen molar-refractivity contribution < 1.29 is 4.79 Å². The molecule has 0 spiro atoms. The Kier molecular flexibility index (Phi) is 9.24. The van der Waals surface area contributed by atoms with Crippen molar-refractivity contribution in [2.24, 2.45) is 0 Å². The maximum absolute atomic E-state index is 11.3. The number of piperazine rings is 1. The molecule has 1 saturated heterocycles. The predicted molar refractivity (Wildman–Crippen MR) is 109 cm³/mol. The molecule has 1 aliphatic heterocycles. The summed E-state index contributed by atoms with van der Waals surface area (Å²) < 4.78 is 0. The van der Waals surface area contributed by atoms with Crippen LogP contribution in [-0.2, 0) is 4.79 Å². The number of carbonyl (C=O) groups is 1. The molecular formula is C18H27Cl2N3OS. The molecule has 4 nitrogen and oxygen atoms in total. The molecule has 0 aliphatic carbocycles. The number of nitrogens with zero attached hydrogens (tertiary/aromatic N) is 2. The van der Waals surface area contributed by atoms with Gasteiger partial charge in [0.25, 0.3) is 5.91 Å². The number of carbonyl (C=O) groups excluding carboxylic acids is 1. The first-order valence-electron chi connectivity index (χ1n) is 8.86. The van der Waals surface area contributed by atoms with E-state index in [4.69, 9.17) is 23.2 Å². The average Bonchev–Trinajstić information content (AvgIpc) is 2.64. The van der Waals surface area contributed by atoms with Crippen molar-refractivity contribution in [3.8, 4) is 0 Å². The first-order chi connectivity index (χ1) is 12.1. The highest BCUT2D eigenvalue weighted by Gasteiger charge is 2.19. The fraction of sp³-hybridized carbons (Fsp3) is 0.611. The Morgan fingerprint density at radius 2 is 1.96 bits per heavy atom. The van der Waals surface area contributed by atoms with E-state index >= 15 is 0 Å². The predicted octanol–water partition coefficient (Wildman–Crippen LogP) is 3.62. The summed E-state index contributed by atoms with van der Waals surface area (Å²) in [6.07, 6.45) is 2.10. The molecule has 1 fully saturated rings. The van der Waals surface area contributed by atoms with E-state index in [2.05, 4.69) is 46.3 Å². The normalized spacial score (nSPS) is 15.6. The summed E-state index contributed by atoms with van der Waals surface area (Å²) in [4.78, 5) is 16.6. The number of rotatable bonds is 9. The number of alkyl halides is 2. The van der Waals surface area contributed by atoms with Gasteiger partial charge < -0.3 is 10.2 Å². The van der Waals surface area contributed by atoms with Crippen LogP contribution in [0.5, 0.6) is 0 Å². The van der Waals surface area contributed by atoms with E-state index in [9.17, 15) is 4.79 Å². The molecule has 0 bridgehead atoms. The van der Waals surface area contributed by atoms with Gasteiger partial charge in [0.1, 0.15) is 0 Å². The largest absolute Gasteiger partial charge is 0.368 e. The SMILES string of the molecule is CCCSc1ccccc1N1CCN(CCCNC(=O)C(Cl)Cl)CC1. The van der Waals surface area contributed by atoms with Crippen LogP contribution in [0.15, 0.2) is 29.2 Å². The summed E-state index contributed by atoms with van der Waals surface area (Å²) in [5.74, 6) is 0.850. The number of hydrogen-bond acceptors (Lipinski definition) is 4. The van der Waals surface area contributed by atoms with Crippen molar-refractivity contribution in [3.05, 3.63) is 24.3 Å². The number of halogens is 2. The lowest BCUT2D eigenvalue weighted by atomic mass is 10.2. The molecule has 140 valence electrons. The maximum Gasteiger partial charge on any atom is 0.253 e. The second kappa shape index (κ2) is 11.2. The van der Waals surface area contributed by atoms with E-state index in [-0.39, 0.29) is 5.91 Å². The fourth-order valence-corrected chi connectivity index (χ4v) is 3.95. The first-order valence-corrected chi connectivity index (χ1v) is 10.7. The van der Waals surface area contributed by atoms with Crippen molar-refractivity contribution in [1.82, 2.24) is 10.2 Å². The molecule has 25 heavy (non-hydrogen) atoms. The third-order valence-electron chi connectivity index (χ3n) is 4.19. The molecule has 1 aromatic rings. The summed E-state index contributed by atoms with van der Waals surface area (Å²) in [5, 5.41) is 2.74. The number of hydrogen-bond donors (Lipinski definition) is 1. The number of anilines is 1. The van der Waals surface area contributed by atoms with Crippen molar-refractivity contribution in [2.45, 2.75) is 29.5 Å². The highest BCUT2D eigenvalue weighted by Crippen LogP contribution is 2.31. The molecule has 1 N–H and O–H groups in total. The lowest BCUT2D eigenvalue weighted by molar-refractivity contribution is -0.119. The van der Waals surface area contributed by atoms with Crippen LogP contribution in [0.4, 0.5) is 5.69 Å². The highest BCUT2D eigenvalue weighted by atomic mass is 35.5. The summed E-state index contributed by atoms with van der Waals surface area (Å²) in [6.45, 7) is 8.00.